The third-order valence-corrected chi connectivity index (χ3v) is 5.85. The molecule has 0 aliphatic heterocycles. The van der Waals surface area contributed by atoms with Crippen LogP contribution in [-0.4, -0.2) is 8.41 Å². The van der Waals surface area contributed by atoms with Gasteiger partial charge in [-0.2, -0.15) is 0 Å². The Kier molecular flexibility index (Phi) is 12.1. The molecule has 0 heterocycles. The van der Waals surface area contributed by atoms with Crippen molar-refractivity contribution in [2.75, 3.05) is 0 Å². The topological polar surface area (TPSA) is 0 Å². The zero-order chi connectivity index (χ0) is 19.7. The molecule has 0 N–H and O–H groups in total. The Labute approximate surface area is 171 Å². The number of rotatable bonds is 0. The Bertz CT molecular complexity index is 589. The summed E-state index contributed by atoms with van der Waals surface area (Å²) < 4.78 is 0. The van der Waals surface area contributed by atoms with Gasteiger partial charge in [-0.25, -0.2) is 0 Å². The number of aryl methyl sites for hydroxylation is 4. The summed E-state index contributed by atoms with van der Waals surface area (Å²) in [5, 5.41) is 0. The van der Waals surface area contributed by atoms with Crippen molar-refractivity contribution < 1.29 is 0 Å². The Balaban J connectivity index is 0.000000372. The van der Waals surface area contributed by atoms with Crippen LogP contribution in [0.2, 0.25) is 0 Å². The average Bonchev–Trinajstić information content (AvgIpc) is 2.63. The lowest BCUT2D eigenvalue weighted by Crippen LogP contribution is -2.08. The van der Waals surface area contributed by atoms with Gasteiger partial charge in [-0.05, 0) is 75.6 Å². The summed E-state index contributed by atoms with van der Waals surface area (Å²) in [6, 6.07) is 12.8. The lowest BCUT2D eigenvalue weighted by molar-refractivity contribution is 0.308. The summed E-state index contributed by atoms with van der Waals surface area (Å²) in [5.41, 5.74) is 8.30. The number of benzene rings is 2. The molecule has 0 spiro atoms. The molecule has 0 nitrogen and oxygen atoms in total. The molecule has 1 saturated carbocycles. The van der Waals surface area contributed by atoms with E-state index in [4.69, 9.17) is 0 Å². The van der Waals surface area contributed by atoms with E-state index in [0.717, 1.165) is 11.8 Å². The maximum Gasteiger partial charge on any atom is 0 e. The highest BCUT2D eigenvalue weighted by molar-refractivity contribution is 5.75. The van der Waals surface area contributed by atoms with Crippen LogP contribution in [0.1, 0.15) is 72.9 Å². The Morgan fingerprint density at radius 2 is 0.778 bits per heavy atom. The van der Waals surface area contributed by atoms with Crippen LogP contribution in [0.5, 0.6) is 0 Å². The molecule has 1 aliphatic rings. The predicted molar refractivity (Wildman–Crippen MR) is 124 cm³/mol. The lowest BCUT2D eigenvalue weighted by Gasteiger charge is -2.22. The summed E-state index contributed by atoms with van der Waals surface area (Å²) in [5.74, 6) is 2.04. The van der Waals surface area contributed by atoms with Crippen molar-refractivity contribution >= 4 is 8.41 Å². The summed E-state index contributed by atoms with van der Waals surface area (Å²) in [7, 11) is 0. The van der Waals surface area contributed by atoms with Crippen molar-refractivity contribution in [3.05, 3.63) is 69.8 Å². The maximum absolute atomic E-state index is 2.37. The van der Waals surface area contributed by atoms with E-state index in [1.807, 2.05) is 0 Å². The van der Waals surface area contributed by atoms with Crippen LogP contribution >= 0.6 is 0 Å². The second-order valence-electron chi connectivity index (χ2n) is 8.47. The molecule has 3 radical (unpaired) electrons. The summed E-state index contributed by atoms with van der Waals surface area (Å²) in [6.45, 7) is 17.6. The molecule has 27 heavy (non-hydrogen) atoms. The van der Waals surface area contributed by atoms with Gasteiger partial charge in [-0.1, -0.05) is 87.1 Å². The third kappa shape index (κ3) is 9.85. The Morgan fingerprint density at radius 1 is 0.519 bits per heavy atom. The van der Waals surface area contributed by atoms with Gasteiger partial charge in [0.15, 0.2) is 0 Å². The van der Waals surface area contributed by atoms with Gasteiger partial charge in [0.1, 0.15) is 0 Å². The van der Waals surface area contributed by atoms with Crippen LogP contribution in [0.15, 0.2) is 36.4 Å². The molecular weight excluding hydrogens is 323 g/mol. The maximum atomic E-state index is 2.37. The van der Waals surface area contributed by atoms with Gasteiger partial charge < -0.3 is 0 Å². The molecule has 2 aromatic carbocycles. The molecule has 1 aliphatic carbocycles. The fourth-order valence-electron chi connectivity index (χ4n) is 3.16. The Morgan fingerprint density at radius 3 is 1.04 bits per heavy atom. The minimum absolute atomic E-state index is 0. The lowest BCUT2D eigenvalue weighted by atomic mass is 9.84. The van der Waals surface area contributed by atoms with Crippen LogP contribution in [0.25, 0.3) is 0 Å². The van der Waals surface area contributed by atoms with Gasteiger partial charge in [0.05, 0.1) is 0 Å². The molecule has 1 heteroatoms. The van der Waals surface area contributed by atoms with Gasteiger partial charge in [0, 0.05) is 8.41 Å². The van der Waals surface area contributed by atoms with E-state index in [1.54, 1.807) is 0 Å². The van der Waals surface area contributed by atoms with E-state index in [2.05, 4.69) is 91.8 Å². The van der Waals surface area contributed by atoms with E-state index >= 15 is 0 Å². The van der Waals surface area contributed by atoms with Crippen LogP contribution in [0, 0.1) is 53.4 Å². The third-order valence-electron chi connectivity index (χ3n) is 5.85. The van der Waals surface area contributed by atoms with Crippen molar-refractivity contribution in [3.8, 4) is 0 Å². The molecule has 0 unspecified atom stereocenters. The molecular formula is C26H40B. The molecule has 0 bridgehead atoms. The van der Waals surface area contributed by atoms with Gasteiger partial charge in [0.2, 0.25) is 0 Å². The van der Waals surface area contributed by atoms with Crippen LogP contribution in [0.4, 0.5) is 0 Å². The van der Waals surface area contributed by atoms with E-state index in [0.29, 0.717) is 0 Å². The standard InChI is InChI=1S/C10H14.C8H16.C8H10.B/c1-7-5-6-8(2)10(4)9(7)3;2*1-7-3-5-8(2)6-4-7;/h5-6H,1-4H3;7-8H,3-6H2,1-2H3;3-6H,1-2H3;. The molecule has 3 rings (SSSR count). The summed E-state index contributed by atoms with van der Waals surface area (Å²) in [6.07, 6.45) is 5.89. The van der Waals surface area contributed by atoms with E-state index < -0.39 is 0 Å². The monoisotopic (exact) mass is 363 g/mol. The van der Waals surface area contributed by atoms with E-state index in [9.17, 15) is 0 Å². The fraction of sp³-hybridized carbons (Fsp3) is 0.538. The highest BCUT2D eigenvalue weighted by Gasteiger charge is 2.13. The quantitative estimate of drug-likeness (QED) is 0.421. The first-order valence-electron chi connectivity index (χ1n) is 10.3. The molecule has 0 aromatic heterocycles. The summed E-state index contributed by atoms with van der Waals surface area (Å²) >= 11 is 0. The minimum Gasteiger partial charge on any atom is -0.0625 e. The SMILES string of the molecule is CC1CCC(C)CC1.Cc1ccc(C)c(C)c1C.Cc1ccc(C)cc1.[B]. The van der Waals surface area contributed by atoms with E-state index in [1.165, 1.54) is 59.1 Å². The van der Waals surface area contributed by atoms with Crippen molar-refractivity contribution in [1.29, 1.82) is 0 Å². The first kappa shape index (κ1) is 25.5. The van der Waals surface area contributed by atoms with Crippen LogP contribution in [0.3, 0.4) is 0 Å². The average molecular weight is 363 g/mol. The van der Waals surface area contributed by atoms with Crippen molar-refractivity contribution in [2.24, 2.45) is 11.8 Å². The zero-order valence-electron chi connectivity index (χ0n) is 19.0. The number of hydrogen-bond donors (Lipinski definition) is 0. The Hall–Kier alpha value is -1.50. The fourth-order valence-corrected chi connectivity index (χ4v) is 3.16. The highest BCUT2D eigenvalue weighted by Crippen LogP contribution is 2.27. The van der Waals surface area contributed by atoms with Gasteiger partial charge in [0.25, 0.3) is 0 Å². The molecule has 0 saturated heterocycles. The van der Waals surface area contributed by atoms with Gasteiger partial charge >= 0.3 is 0 Å². The second-order valence-corrected chi connectivity index (χ2v) is 8.47. The van der Waals surface area contributed by atoms with E-state index in [-0.39, 0.29) is 8.41 Å². The van der Waals surface area contributed by atoms with Gasteiger partial charge in [-0.3, -0.25) is 0 Å². The zero-order valence-corrected chi connectivity index (χ0v) is 19.0. The molecule has 2 aromatic rings. The molecule has 0 amide bonds. The van der Waals surface area contributed by atoms with Gasteiger partial charge in [-0.15, -0.1) is 0 Å². The molecule has 1 fully saturated rings. The highest BCUT2D eigenvalue weighted by atomic mass is 14.2. The summed E-state index contributed by atoms with van der Waals surface area (Å²) in [4.78, 5) is 0. The predicted octanol–water partition coefficient (Wildman–Crippen LogP) is 7.68. The smallest absolute Gasteiger partial charge is 0 e. The molecule has 0 atom stereocenters. The largest absolute Gasteiger partial charge is 0.0625 e. The molecule has 147 valence electrons. The minimum atomic E-state index is 0. The van der Waals surface area contributed by atoms with Crippen molar-refractivity contribution in [1.82, 2.24) is 0 Å². The van der Waals surface area contributed by atoms with Crippen LogP contribution < -0.4 is 0 Å². The first-order chi connectivity index (χ1) is 12.2. The normalized spacial score (nSPS) is 18.2. The van der Waals surface area contributed by atoms with Crippen molar-refractivity contribution in [3.63, 3.8) is 0 Å². The van der Waals surface area contributed by atoms with Crippen molar-refractivity contribution in [2.45, 2.75) is 81.1 Å². The number of hydrogen-bond acceptors (Lipinski definition) is 0. The first-order valence-corrected chi connectivity index (χ1v) is 10.3. The van der Waals surface area contributed by atoms with Crippen LogP contribution in [-0.2, 0) is 0 Å². The second kappa shape index (κ2) is 12.8.